The van der Waals surface area contributed by atoms with E-state index in [2.05, 4.69) is 4.84 Å². The third-order valence-electron chi connectivity index (χ3n) is 1.18. The predicted molar refractivity (Wildman–Crippen MR) is 40.3 cm³/mol. The smallest absolute Gasteiger partial charge is 0.346 e. The molecule has 60 valence electrons. The van der Waals surface area contributed by atoms with Gasteiger partial charge in [-0.15, -0.1) is 11.3 Å². The second kappa shape index (κ2) is 3.47. The first kappa shape index (κ1) is 8.19. The summed E-state index contributed by atoms with van der Waals surface area (Å²) in [6.45, 7) is 0.144. The Bertz CT molecular complexity index is 258. The van der Waals surface area contributed by atoms with Crippen LogP contribution < -0.4 is 5.90 Å². The molecule has 3 N–H and O–H groups in total. The highest BCUT2D eigenvalue weighted by molar-refractivity contribution is 7.12. The number of hydrogen-bond acceptors (Lipinski definition) is 4. The van der Waals surface area contributed by atoms with E-state index in [-0.39, 0.29) is 11.5 Å². The van der Waals surface area contributed by atoms with E-state index in [1.165, 1.54) is 0 Å². The van der Waals surface area contributed by atoms with Gasteiger partial charge in [-0.1, -0.05) is 0 Å². The first-order valence-corrected chi connectivity index (χ1v) is 3.75. The van der Waals surface area contributed by atoms with Crippen LogP contribution in [0.2, 0.25) is 0 Å². The number of aromatic carboxylic acids is 1. The Morgan fingerprint density at radius 3 is 3.09 bits per heavy atom. The van der Waals surface area contributed by atoms with Crippen LogP contribution in [0.25, 0.3) is 0 Å². The highest BCUT2D eigenvalue weighted by atomic mass is 32.1. The molecule has 0 spiro atoms. The van der Waals surface area contributed by atoms with Crippen LogP contribution in [-0.4, -0.2) is 11.1 Å². The van der Waals surface area contributed by atoms with Gasteiger partial charge in [-0.2, -0.15) is 0 Å². The van der Waals surface area contributed by atoms with Gasteiger partial charge in [-0.05, 0) is 11.4 Å². The van der Waals surface area contributed by atoms with Crippen molar-refractivity contribution in [1.82, 2.24) is 0 Å². The molecule has 1 rings (SSSR count). The monoisotopic (exact) mass is 173 g/mol. The van der Waals surface area contributed by atoms with Crippen LogP contribution in [0.4, 0.5) is 0 Å². The van der Waals surface area contributed by atoms with Crippen LogP contribution in [-0.2, 0) is 11.4 Å². The highest BCUT2D eigenvalue weighted by Crippen LogP contribution is 2.16. The first-order chi connectivity index (χ1) is 5.25. The minimum Gasteiger partial charge on any atom is -0.477 e. The third-order valence-corrected chi connectivity index (χ3v) is 2.12. The Labute approximate surface area is 67.2 Å². The summed E-state index contributed by atoms with van der Waals surface area (Å²) in [5, 5.41) is 10.3. The van der Waals surface area contributed by atoms with Crippen molar-refractivity contribution in [1.29, 1.82) is 0 Å². The fraction of sp³-hybridized carbons (Fsp3) is 0.167. The zero-order valence-electron chi connectivity index (χ0n) is 5.61. The number of rotatable bonds is 3. The molecule has 0 bridgehead atoms. The Hall–Kier alpha value is -0.910. The topological polar surface area (TPSA) is 72.5 Å². The maximum Gasteiger partial charge on any atom is 0.346 e. The summed E-state index contributed by atoms with van der Waals surface area (Å²) in [4.78, 5) is 15.1. The van der Waals surface area contributed by atoms with Gasteiger partial charge in [0.15, 0.2) is 0 Å². The van der Waals surface area contributed by atoms with E-state index in [1.54, 1.807) is 11.4 Å². The van der Waals surface area contributed by atoms with E-state index >= 15 is 0 Å². The maximum atomic E-state index is 10.5. The lowest BCUT2D eigenvalue weighted by atomic mass is 10.3. The standard InChI is InChI=1S/C6H7NO3S/c7-10-3-4-1-2-11-5(4)6(8)9/h1-2H,3,7H2,(H,8,9). The number of carboxylic acid groups (broad SMARTS) is 1. The Balaban J connectivity index is 2.87. The van der Waals surface area contributed by atoms with Crippen molar-refractivity contribution < 1.29 is 14.7 Å². The SMILES string of the molecule is NOCc1ccsc1C(=O)O. The molecule has 0 radical (unpaired) electrons. The van der Waals surface area contributed by atoms with Gasteiger partial charge in [-0.3, -0.25) is 4.84 Å². The Kier molecular flexibility index (Phi) is 2.58. The number of carboxylic acids is 1. The average Bonchev–Trinajstić information content (AvgIpc) is 2.36. The molecule has 0 aromatic carbocycles. The Morgan fingerprint density at radius 1 is 1.82 bits per heavy atom. The van der Waals surface area contributed by atoms with Crippen LogP contribution in [0, 0.1) is 0 Å². The summed E-state index contributed by atoms with van der Waals surface area (Å²) in [5.74, 6) is 3.86. The van der Waals surface area contributed by atoms with Crippen molar-refractivity contribution >= 4 is 17.3 Å². The van der Waals surface area contributed by atoms with Gasteiger partial charge < -0.3 is 5.11 Å². The molecular weight excluding hydrogens is 166 g/mol. The molecule has 1 heterocycles. The van der Waals surface area contributed by atoms with Crippen molar-refractivity contribution in [2.45, 2.75) is 6.61 Å². The van der Waals surface area contributed by atoms with Gasteiger partial charge in [0, 0.05) is 5.56 Å². The van der Waals surface area contributed by atoms with Gasteiger partial charge in [-0.25, -0.2) is 10.7 Å². The normalized spacial score (nSPS) is 9.91. The molecule has 0 aliphatic heterocycles. The average molecular weight is 173 g/mol. The largest absolute Gasteiger partial charge is 0.477 e. The van der Waals surface area contributed by atoms with Gasteiger partial charge in [0.05, 0.1) is 6.61 Å². The lowest BCUT2D eigenvalue weighted by molar-refractivity contribution is 0.0694. The predicted octanol–water partition coefficient (Wildman–Crippen LogP) is 0.837. The highest BCUT2D eigenvalue weighted by Gasteiger charge is 2.10. The summed E-state index contributed by atoms with van der Waals surface area (Å²) in [5.41, 5.74) is 0.616. The molecule has 4 nitrogen and oxygen atoms in total. The minimum absolute atomic E-state index is 0.144. The van der Waals surface area contributed by atoms with E-state index in [1.807, 2.05) is 0 Å². The van der Waals surface area contributed by atoms with E-state index in [4.69, 9.17) is 11.0 Å². The minimum atomic E-state index is -0.938. The molecule has 0 fully saturated rings. The third kappa shape index (κ3) is 1.76. The summed E-state index contributed by atoms with van der Waals surface area (Å²) >= 11 is 1.16. The summed E-state index contributed by atoms with van der Waals surface area (Å²) in [6, 6.07) is 1.68. The summed E-state index contributed by atoms with van der Waals surface area (Å²) in [7, 11) is 0. The van der Waals surface area contributed by atoms with Crippen LogP contribution in [0.1, 0.15) is 15.2 Å². The summed E-state index contributed by atoms with van der Waals surface area (Å²) in [6.07, 6.45) is 0. The van der Waals surface area contributed by atoms with Crippen molar-refractivity contribution in [3.63, 3.8) is 0 Å². The van der Waals surface area contributed by atoms with Gasteiger partial charge in [0.25, 0.3) is 0 Å². The van der Waals surface area contributed by atoms with E-state index < -0.39 is 5.97 Å². The van der Waals surface area contributed by atoms with E-state index in [9.17, 15) is 4.79 Å². The van der Waals surface area contributed by atoms with Crippen LogP contribution >= 0.6 is 11.3 Å². The van der Waals surface area contributed by atoms with Gasteiger partial charge in [0.2, 0.25) is 0 Å². The molecular formula is C6H7NO3S. The number of nitrogens with two attached hydrogens (primary N) is 1. The van der Waals surface area contributed by atoms with Crippen LogP contribution in [0.5, 0.6) is 0 Å². The molecule has 0 unspecified atom stereocenters. The zero-order valence-corrected chi connectivity index (χ0v) is 6.43. The second-order valence-corrected chi connectivity index (χ2v) is 2.81. The van der Waals surface area contributed by atoms with E-state index in [0.29, 0.717) is 5.56 Å². The second-order valence-electron chi connectivity index (χ2n) is 1.89. The molecule has 0 aliphatic carbocycles. The molecule has 1 aromatic rings. The lowest BCUT2D eigenvalue weighted by Gasteiger charge is -1.95. The van der Waals surface area contributed by atoms with E-state index in [0.717, 1.165) is 11.3 Å². The van der Waals surface area contributed by atoms with Crippen molar-refractivity contribution in [2.24, 2.45) is 5.90 Å². The molecule has 11 heavy (non-hydrogen) atoms. The van der Waals surface area contributed by atoms with Crippen molar-refractivity contribution in [3.05, 3.63) is 21.9 Å². The van der Waals surface area contributed by atoms with Gasteiger partial charge in [0.1, 0.15) is 4.88 Å². The van der Waals surface area contributed by atoms with Crippen molar-refractivity contribution in [2.75, 3.05) is 0 Å². The quantitative estimate of drug-likeness (QED) is 0.664. The molecule has 5 heteroatoms. The molecule has 0 amide bonds. The molecule has 1 aromatic heterocycles. The molecule has 0 saturated heterocycles. The van der Waals surface area contributed by atoms with Crippen LogP contribution in [0.15, 0.2) is 11.4 Å². The van der Waals surface area contributed by atoms with Crippen molar-refractivity contribution in [3.8, 4) is 0 Å². The Morgan fingerprint density at radius 2 is 2.55 bits per heavy atom. The number of thiophene rings is 1. The maximum absolute atomic E-state index is 10.5. The fourth-order valence-corrected chi connectivity index (χ4v) is 1.47. The number of hydrogen-bond donors (Lipinski definition) is 2. The first-order valence-electron chi connectivity index (χ1n) is 2.87. The molecule has 0 aliphatic rings. The fourth-order valence-electron chi connectivity index (χ4n) is 0.727. The van der Waals surface area contributed by atoms with Crippen LogP contribution in [0.3, 0.4) is 0 Å². The summed E-state index contributed by atoms with van der Waals surface area (Å²) < 4.78 is 0. The van der Waals surface area contributed by atoms with Gasteiger partial charge >= 0.3 is 5.97 Å². The number of carbonyl (C=O) groups is 1. The lowest BCUT2D eigenvalue weighted by Crippen LogP contribution is -2.03. The zero-order chi connectivity index (χ0) is 8.27. The molecule has 0 saturated carbocycles. The molecule has 0 atom stereocenters.